The zero-order valence-corrected chi connectivity index (χ0v) is 16.5. The Hall–Kier alpha value is -2.79. The van der Waals surface area contributed by atoms with Gasteiger partial charge in [0.05, 0.1) is 16.8 Å². The van der Waals surface area contributed by atoms with Gasteiger partial charge in [0.15, 0.2) is 0 Å². The van der Waals surface area contributed by atoms with Crippen molar-refractivity contribution in [1.82, 2.24) is 19.8 Å². The Balaban J connectivity index is 1.79. The minimum Gasteiger partial charge on any atom is -0.334 e. The van der Waals surface area contributed by atoms with Crippen molar-refractivity contribution in [2.45, 2.75) is 25.3 Å². The van der Waals surface area contributed by atoms with Crippen molar-refractivity contribution in [3.63, 3.8) is 0 Å². The molecular weight excluding hydrogens is 348 g/mol. The third kappa shape index (κ3) is 3.76. The smallest absolute Gasteiger partial charge is 0.254 e. The fraction of sp³-hybridized carbons (Fsp3) is 0.348. The first-order valence-electron chi connectivity index (χ1n) is 9.89. The van der Waals surface area contributed by atoms with E-state index in [-0.39, 0.29) is 11.9 Å². The normalized spacial score (nSPS) is 17.2. The number of likely N-dealkylation sites (N-methyl/N-ethyl adjacent to an activating group) is 1. The molecule has 1 fully saturated rings. The van der Waals surface area contributed by atoms with Gasteiger partial charge in [-0.3, -0.25) is 9.78 Å². The number of carbonyl (C=O) groups excluding carboxylic acids is 1. The van der Waals surface area contributed by atoms with Gasteiger partial charge in [0.2, 0.25) is 0 Å². The molecule has 0 unspecified atom stereocenters. The standard InChI is InChI=1S/C23H26N4O/c1-26(2)16-18-7-5-6-14-27(18)23(28)20-15-22(17-10-12-24-13-11-17)25-21-9-4-3-8-19(20)21/h3-4,8-13,15,18H,5-7,14,16H2,1-2H3/t18-/m0/s1. The van der Waals surface area contributed by atoms with Crippen LogP contribution in [0.5, 0.6) is 0 Å². The minimum atomic E-state index is 0.112. The second kappa shape index (κ2) is 8.07. The number of hydrogen-bond acceptors (Lipinski definition) is 4. The van der Waals surface area contributed by atoms with E-state index in [0.29, 0.717) is 0 Å². The summed E-state index contributed by atoms with van der Waals surface area (Å²) in [6.07, 6.45) is 6.82. The zero-order chi connectivity index (χ0) is 19.5. The highest BCUT2D eigenvalue weighted by Gasteiger charge is 2.29. The van der Waals surface area contributed by atoms with Crippen LogP contribution >= 0.6 is 0 Å². The monoisotopic (exact) mass is 374 g/mol. The van der Waals surface area contributed by atoms with E-state index in [2.05, 4.69) is 28.9 Å². The van der Waals surface area contributed by atoms with Crippen molar-refractivity contribution in [2.24, 2.45) is 0 Å². The fourth-order valence-corrected chi connectivity index (χ4v) is 4.06. The largest absolute Gasteiger partial charge is 0.334 e. The second-order valence-electron chi connectivity index (χ2n) is 7.72. The lowest BCUT2D eigenvalue weighted by molar-refractivity contribution is 0.0577. The first kappa shape index (κ1) is 18.6. The van der Waals surface area contributed by atoms with E-state index in [1.807, 2.05) is 42.5 Å². The van der Waals surface area contributed by atoms with Crippen molar-refractivity contribution in [3.05, 3.63) is 60.4 Å². The van der Waals surface area contributed by atoms with E-state index in [1.54, 1.807) is 12.4 Å². The first-order valence-corrected chi connectivity index (χ1v) is 9.89. The fourth-order valence-electron chi connectivity index (χ4n) is 4.06. The van der Waals surface area contributed by atoms with Gasteiger partial charge < -0.3 is 9.80 Å². The lowest BCUT2D eigenvalue weighted by Crippen LogP contribution is -2.48. The highest BCUT2D eigenvalue weighted by Crippen LogP contribution is 2.28. The first-order chi connectivity index (χ1) is 13.6. The van der Waals surface area contributed by atoms with Crippen LogP contribution in [0.1, 0.15) is 29.6 Å². The molecule has 1 aromatic carbocycles. The lowest BCUT2D eigenvalue weighted by atomic mass is 9.98. The second-order valence-corrected chi connectivity index (χ2v) is 7.72. The van der Waals surface area contributed by atoms with Crippen LogP contribution in [0.4, 0.5) is 0 Å². The summed E-state index contributed by atoms with van der Waals surface area (Å²) < 4.78 is 0. The number of amides is 1. The van der Waals surface area contributed by atoms with Crippen LogP contribution in [0.2, 0.25) is 0 Å². The van der Waals surface area contributed by atoms with Gasteiger partial charge >= 0.3 is 0 Å². The molecule has 144 valence electrons. The van der Waals surface area contributed by atoms with Crippen LogP contribution in [-0.2, 0) is 0 Å². The van der Waals surface area contributed by atoms with Crippen LogP contribution in [0.25, 0.3) is 22.2 Å². The lowest BCUT2D eigenvalue weighted by Gasteiger charge is -2.37. The molecule has 1 saturated heterocycles. The maximum atomic E-state index is 13.7. The Morgan fingerprint density at radius 2 is 1.93 bits per heavy atom. The predicted octanol–water partition coefficient (Wildman–Crippen LogP) is 3.85. The highest BCUT2D eigenvalue weighted by molar-refractivity contribution is 6.07. The number of nitrogens with zero attached hydrogens (tertiary/aromatic N) is 4. The number of para-hydroxylation sites is 1. The molecule has 0 saturated carbocycles. The summed E-state index contributed by atoms with van der Waals surface area (Å²) in [5.41, 5.74) is 3.37. The molecule has 28 heavy (non-hydrogen) atoms. The van der Waals surface area contributed by atoms with E-state index in [1.165, 1.54) is 6.42 Å². The average Bonchev–Trinajstić information content (AvgIpc) is 2.73. The number of hydrogen-bond donors (Lipinski definition) is 0. The molecule has 1 amide bonds. The van der Waals surface area contributed by atoms with Gasteiger partial charge in [-0.25, -0.2) is 4.98 Å². The van der Waals surface area contributed by atoms with E-state index in [9.17, 15) is 4.79 Å². The molecule has 5 heteroatoms. The molecule has 3 aromatic rings. The summed E-state index contributed by atoms with van der Waals surface area (Å²) in [7, 11) is 4.14. The van der Waals surface area contributed by atoms with Gasteiger partial charge in [-0.2, -0.15) is 0 Å². The quantitative estimate of drug-likeness (QED) is 0.696. The van der Waals surface area contributed by atoms with Crippen molar-refractivity contribution in [2.75, 3.05) is 27.2 Å². The summed E-state index contributed by atoms with van der Waals surface area (Å²) in [4.78, 5) is 26.8. The molecule has 0 radical (unpaired) electrons. The Morgan fingerprint density at radius 3 is 2.71 bits per heavy atom. The number of carbonyl (C=O) groups is 1. The molecular formula is C23H26N4O. The molecule has 0 N–H and O–H groups in total. The summed E-state index contributed by atoms with van der Waals surface area (Å²) in [6, 6.07) is 14.0. The molecule has 1 atom stereocenters. The molecule has 0 bridgehead atoms. The van der Waals surface area contributed by atoms with Gasteiger partial charge in [0.25, 0.3) is 5.91 Å². The number of piperidine rings is 1. The molecule has 0 aliphatic carbocycles. The van der Waals surface area contributed by atoms with Crippen molar-refractivity contribution in [3.8, 4) is 11.3 Å². The highest BCUT2D eigenvalue weighted by atomic mass is 16.2. The van der Waals surface area contributed by atoms with Crippen molar-refractivity contribution in [1.29, 1.82) is 0 Å². The van der Waals surface area contributed by atoms with Gasteiger partial charge in [-0.05, 0) is 57.6 Å². The SMILES string of the molecule is CN(C)C[C@@H]1CCCCN1C(=O)c1cc(-c2ccncc2)nc2ccccc12. The molecule has 2 aromatic heterocycles. The van der Waals surface area contributed by atoms with Crippen LogP contribution in [-0.4, -0.2) is 58.9 Å². The topological polar surface area (TPSA) is 49.3 Å². The predicted molar refractivity (Wildman–Crippen MR) is 112 cm³/mol. The number of benzene rings is 1. The van der Waals surface area contributed by atoms with E-state index in [4.69, 9.17) is 4.98 Å². The Bertz CT molecular complexity index is 971. The van der Waals surface area contributed by atoms with Gasteiger partial charge in [-0.1, -0.05) is 18.2 Å². The van der Waals surface area contributed by atoms with Crippen LogP contribution in [0, 0.1) is 0 Å². The average molecular weight is 374 g/mol. The molecule has 1 aliphatic rings. The maximum absolute atomic E-state index is 13.7. The third-order valence-corrected chi connectivity index (χ3v) is 5.39. The Labute approximate surface area is 166 Å². The summed E-state index contributed by atoms with van der Waals surface area (Å²) in [5, 5.41) is 0.916. The van der Waals surface area contributed by atoms with E-state index in [0.717, 1.165) is 53.7 Å². The summed E-state index contributed by atoms with van der Waals surface area (Å²) in [6.45, 7) is 1.71. The van der Waals surface area contributed by atoms with Crippen molar-refractivity contribution >= 4 is 16.8 Å². The van der Waals surface area contributed by atoms with Gasteiger partial charge in [-0.15, -0.1) is 0 Å². The molecule has 0 spiro atoms. The molecule has 4 rings (SSSR count). The number of pyridine rings is 2. The van der Waals surface area contributed by atoms with Crippen molar-refractivity contribution < 1.29 is 4.79 Å². The maximum Gasteiger partial charge on any atom is 0.254 e. The third-order valence-electron chi connectivity index (χ3n) is 5.39. The minimum absolute atomic E-state index is 0.112. The number of aromatic nitrogens is 2. The molecule has 3 heterocycles. The zero-order valence-electron chi connectivity index (χ0n) is 16.5. The van der Waals surface area contributed by atoms with E-state index >= 15 is 0 Å². The molecule has 1 aliphatic heterocycles. The molecule has 5 nitrogen and oxygen atoms in total. The van der Waals surface area contributed by atoms with E-state index < -0.39 is 0 Å². The van der Waals surface area contributed by atoms with Gasteiger partial charge in [0.1, 0.15) is 0 Å². The summed E-state index contributed by atoms with van der Waals surface area (Å²) in [5.74, 6) is 0.112. The number of likely N-dealkylation sites (tertiary alicyclic amines) is 1. The van der Waals surface area contributed by atoms with Gasteiger partial charge in [0, 0.05) is 42.5 Å². The summed E-state index contributed by atoms with van der Waals surface area (Å²) >= 11 is 0. The number of fused-ring (bicyclic) bond motifs is 1. The van der Waals surface area contributed by atoms with Crippen LogP contribution in [0.15, 0.2) is 54.9 Å². The number of rotatable bonds is 4. The Kier molecular flexibility index (Phi) is 5.35. The van der Waals surface area contributed by atoms with Crippen LogP contribution < -0.4 is 0 Å². The Morgan fingerprint density at radius 1 is 1.14 bits per heavy atom. The van der Waals surface area contributed by atoms with Crippen LogP contribution in [0.3, 0.4) is 0 Å².